The smallest absolute Gasteiger partial charge is 0.334 e. The summed E-state index contributed by atoms with van der Waals surface area (Å²) in [5, 5.41) is 0. The van der Waals surface area contributed by atoms with Gasteiger partial charge in [0, 0.05) is 17.4 Å². The Morgan fingerprint density at radius 3 is 2.86 bits per heavy atom. The molecule has 0 aromatic rings. The van der Waals surface area contributed by atoms with Gasteiger partial charge in [0.2, 0.25) is 0 Å². The normalized spacial score (nSPS) is 28.0. The molecule has 2 rings (SSSR count). The van der Waals surface area contributed by atoms with Gasteiger partial charge in [0.15, 0.2) is 0 Å². The number of hydrogen-bond donors (Lipinski definition) is 0. The van der Waals surface area contributed by atoms with E-state index >= 15 is 0 Å². The molecule has 0 bridgehead atoms. The van der Waals surface area contributed by atoms with Crippen molar-refractivity contribution in [3.63, 3.8) is 0 Å². The summed E-state index contributed by atoms with van der Waals surface area (Å²) in [5.74, 6) is 0.424. The van der Waals surface area contributed by atoms with Crippen molar-refractivity contribution < 1.29 is 9.53 Å². The number of allylic oxidation sites excluding steroid dienone is 5. The van der Waals surface area contributed by atoms with Crippen LogP contribution in [-0.4, -0.2) is 12.6 Å². The topological polar surface area (TPSA) is 26.3 Å². The van der Waals surface area contributed by atoms with Crippen molar-refractivity contribution in [3.05, 3.63) is 47.1 Å². The Hall–Kier alpha value is -1.57. The number of ether oxygens (including phenoxy) is 1. The monoisotopic (exact) mass is 300 g/mol. The van der Waals surface area contributed by atoms with Crippen LogP contribution in [0.3, 0.4) is 0 Å². The highest BCUT2D eigenvalue weighted by atomic mass is 16.5. The molecular weight excluding hydrogens is 272 g/mol. The zero-order chi connectivity index (χ0) is 16.1. The van der Waals surface area contributed by atoms with E-state index in [-0.39, 0.29) is 17.8 Å². The van der Waals surface area contributed by atoms with Crippen LogP contribution in [0.25, 0.3) is 0 Å². The number of fused-ring (bicyclic) bond motifs is 1. The summed E-state index contributed by atoms with van der Waals surface area (Å²) in [7, 11) is 0. The maximum atomic E-state index is 12.2. The van der Waals surface area contributed by atoms with Gasteiger partial charge in [-0.1, -0.05) is 41.5 Å². The van der Waals surface area contributed by atoms with Gasteiger partial charge in [0.25, 0.3) is 0 Å². The molecular formula is C20H28O2. The Kier molecular flexibility index (Phi) is 5.82. The zero-order valence-electron chi connectivity index (χ0n) is 14.2. The van der Waals surface area contributed by atoms with E-state index in [1.807, 2.05) is 0 Å². The summed E-state index contributed by atoms with van der Waals surface area (Å²) in [6.07, 6.45) is 11.5. The zero-order valence-corrected chi connectivity index (χ0v) is 14.2. The second-order valence-corrected chi connectivity index (χ2v) is 6.77. The molecule has 1 fully saturated rings. The van der Waals surface area contributed by atoms with Crippen LogP contribution in [0.15, 0.2) is 47.1 Å². The fraction of sp³-hybridized carbons (Fsp3) is 0.550. The van der Waals surface area contributed by atoms with E-state index in [2.05, 4.69) is 45.6 Å². The molecule has 2 unspecified atom stereocenters. The molecule has 0 spiro atoms. The van der Waals surface area contributed by atoms with Gasteiger partial charge in [-0.25, -0.2) is 4.79 Å². The van der Waals surface area contributed by atoms with Gasteiger partial charge in [0.05, 0.1) is 6.61 Å². The Labute approximate surface area is 134 Å². The van der Waals surface area contributed by atoms with Crippen LogP contribution < -0.4 is 0 Å². The summed E-state index contributed by atoms with van der Waals surface area (Å²) in [6, 6.07) is 0. The van der Waals surface area contributed by atoms with Crippen molar-refractivity contribution in [2.45, 2.75) is 52.9 Å². The fourth-order valence-corrected chi connectivity index (χ4v) is 3.32. The summed E-state index contributed by atoms with van der Waals surface area (Å²) >= 11 is 0. The molecule has 2 aliphatic rings. The Balaban J connectivity index is 2.26. The lowest BCUT2D eigenvalue weighted by Gasteiger charge is -2.34. The molecule has 120 valence electrons. The molecule has 1 aliphatic carbocycles. The summed E-state index contributed by atoms with van der Waals surface area (Å²) < 4.78 is 5.45. The number of rotatable bonds is 2. The molecule has 0 aromatic heterocycles. The lowest BCUT2D eigenvalue weighted by molar-refractivity contribution is -0.144. The predicted molar refractivity (Wildman–Crippen MR) is 91.4 cm³/mol. The van der Waals surface area contributed by atoms with Crippen molar-refractivity contribution in [2.75, 3.05) is 6.61 Å². The minimum atomic E-state index is -0.128. The fourth-order valence-electron chi connectivity index (χ4n) is 3.32. The van der Waals surface area contributed by atoms with Crippen LogP contribution in [0.2, 0.25) is 0 Å². The second-order valence-electron chi connectivity index (χ2n) is 6.77. The van der Waals surface area contributed by atoms with Gasteiger partial charge in [-0.05, 0) is 52.9 Å². The van der Waals surface area contributed by atoms with Gasteiger partial charge in [-0.3, -0.25) is 0 Å². The van der Waals surface area contributed by atoms with Crippen molar-refractivity contribution in [3.8, 4) is 0 Å². The van der Waals surface area contributed by atoms with E-state index in [1.165, 1.54) is 16.7 Å². The van der Waals surface area contributed by atoms with E-state index in [0.717, 1.165) is 37.7 Å². The molecule has 0 N–H and O–H groups in total. The number of carbonyl (C=O) groups excluding carboxylic acids is 1. The molecule has 0 saturated carbocycles. The maximum absolute atomic E-state index is 12.2. The maximum Gasteiger partial charge on any atom is 0.334 e. The Morgan fingerprint density at radius 2 is 2.14 bits per heavy atom. The number of carbonyl (C=O) groups is 1. The third kappa shape index (κ3) is 4.22. The Bertz CT molecular complexity index is 530. The molecule has 1 heterocycles. The first-order valence-electron chi connectivity index (χ1n) is 8.33. The minimum absolute atomic E-state index is 0.128. The molecule has 0 amide bonds. The third-order valence-electron chi connectivity index (χ3n) is 4.71. The minimum Gasteiger partial charge on any atom is -0.462 e. The quantitative estimate of drug-likeness (QED) is 0.401. The summed E-state index contributed by atoms with van der Waals surface area (Å²) in [4.78, 5) is 12.2. The largest absolute Gasteiger partial charge is 0.462 e. The van der Waals surface area contributed by atoms with Crippen molar-refractivity contribution in [1.82, 2.24) is 0 Å². The highest BCUT2D eigenvalue weighted by molar-refractivity contribution is 5.90. The molecule has 2 nitrogen and oxygen atoms in total. The Morgan fingerprint density at radius 1 is 1.36 bits per heavy atom. The van der Waals surface area contributed by atoms with Gasteiger partial charge in [0.1, 0.15) is 0 Å². The highest BCUT2D eigenvalue weighted by Crippen LogP contribution is 2.38. The van der Waals surface area contributed by atoms with Gasteiger partial charge in [-0.2, -0.15) is 0 Å². The van der Waals surface area contributed by atoms with E-state index in [0.29, 0.717) is 6.61 Å². The van der Waals surface area contributed by atoms with Gasteiger partial charge < -0.3 is 4.74 Å². The molecule has 0 aromatic carbocycles. The van der Waals surface area contributed by atoms with E-state index in [4.69, 9.17) is 4.74 Å². The van der Waals surface area contributed by atoms with Crippen LogP contribution in [0.4, 0.5) is 0 Å². The van der Waals surface area contributed by atoms with Crippen molar-refractivity contribution in [1.29, 1.82) is 0 Å². The van der Waals surface area contributed by atoms with Crippen LogP contribution >= 0.6 is 0 Å². The number of cyclic esters (lactones) is 1. The first kappa shape index (κ1) is 16.8. The summed E-state index contributed by atoms with van der Waals surface area (Å²) in [6.45, 7) is 11.1. The highest BCUT2D eigenvalue weighted by Gasteiger charge is 2.36. The predicted octanol–water partition coefficient (Wildman–Crippen LogP) is 5.13. The molecule has 1 aliphatic heterocycles. The SMILES string of the molecule is C=C1CCC=C(C)CCC2C(=CCC=C(C)C)C(=O)OCC12. The van der Waals surface area contributed by atoms with Crippen molar-refractivity contribution >= 4 is 5.97 Å². The molecule has 2 atom stereocenters. The number of hydrogen-bond acceptors (Lipinski definition) is 2. The molecule has 1 saturated heterocycles. The lowest BCUT2D eigenvalue weighted by Crippen LogP contribution is -2.34. The lowest BCUT2D eigenvalue weighted by atomic mass is 9.76. The van der Waals surface area contributed by atoms with Crippen LogP contribution in [0.5, 0.6) is 0 Å². The van der Waals surface area contributed by atoms with Crippen LogP contribution in [0.1, 0.15) is 52.9 Å². The molecule has 0 radical (unpaired) electrons. The molecule has 2 heteroatoms. The van der Waals surface area contributed by atoms with E-state index in [9.17, 15) is 4.79 Å². The van der Waals surface area contributed by atoms with Crippen molar-refractivity contribution in [2.24, 2.45) is 11.8 Å². The average molecular weight is 300 g/mol. The van der Waals surface area contributed by atoms with Crippen LogP contribution in [-0.2, 0) is 9.53 Å². The van der Waals surface area contributed by atoms with Gasteiger partial charge in [-0.15, -0.1) is 0 Å². The first-order chi connectivity index (χ1) is 10.5. The second kappa shape index (κ2) is 7.62. The first-order valence-corrected chi connectivity index (χ1v) is 8.33. The summed E-state index contributed by atoms with van der Waals surface area (Å²) in [5.41, 5.74) is 4.80. The third-order valence-corrected chi connectivity index (χ3v) is 4.71. The average Bonchev–Trinajstić information content (AvgIpc) is 2.52. The number of esters is 1. The van der Waals surface area contributed by atoms with E-state index in [1.54, 1.807) is 0 Å². The van der Waals surface area contributed by atoms with E-state index < -0.39 is 0 Å². The van der Waals surface area contributed by atoms with Crippen LogP contribution in [0, 0.1) is 11.8 Å². The van der Waals surface area contributed by atoms with Gasteiger partial charge >= 0.3 is 5.97 Å². The molecule has 22 heavy (non-hydrogen) atoms. The standard InChI is InChI=1S/C20H28O2/c1-14(2)7-5-10-18-17-12-11-15(3)8-6-9-16(4)19(17)13-22-20(18)21/h7-8,10,17,19H,4-6,9,11-13H2,1-3H3.